The molecule has 0 radical (unpaired) electrons. The molecule has 1 saturated heterocycles. The van der Waals surface area contributed by atoms with E-state index in [1.807, 2.05) is 30.3 Å². The summed E-state index contributed by atoms with van der Waals surface area (Å²) in [5.41, 5.74) is 3.45. The number of halogens is 1. The molecule has 182 valence electrons. The monoisotopic (exact) mass is 509 g/mol. The Hall–Kier alpha value is -2.94. The van der Waals surface area contributed by atoms with Gasteiger partial charge in [0, 0.05) is 37.4 Å². The van der Waals surface area contributed by atoms with Gasteiger partial charge in [-0.25, -0.2) is 0 Å². The fourth-order valence-corrected chi connectivity index (χ4v) is 5.65. The van der Waals surface area contributed by atoms with Crippen molar-refractivity contribution in [2.75, 3.05) is 23.9 Å². The maximum atomic E-state index is 12.0. The van der Waals surface area contributed by atoms with Gasteiger partial charge in [0.15, 0.2) is 5.11 Å². The first-order valence-corrected chi connectivity index (χ1v) is 12.6. The van der Waals surface area contributed by atoms with E-state index in [0.29, 0.717) is 21.9 Å². The molecule has 2 fully saturated rings. The van der Waals surface area contributed by atoms with E-state index in [1.165, 1.54) is 32.8 Å². The summed E-state index contributed by atoms with van der Waals surface area (Å²) in [4.78, 5) is 18.7. The van der Waals surface area contributed by atoms with Crippen LogP contribution in [-0.2, 0) is 9.53 Å². The van der Waals surface area contributed by atoms with Gasteiger partial charge >= 0.3 is 0 Å². The molecule has 2 aromatic heterocycles. The topological polar surface area (TPSA) is 71.4 Å². The molecule has 35 heavy (non-hydrogen) atoms. The maximum absolute atomic E-state index is 12.0. The molecular weight excluding hydrogens is 482 g/mol. The summed E-state index contributed by atoms with van der Waals surface area (Å²) >= 11 is 12.4. The van der Waals surface area contributed by atoms with Crippen LogP contribution in [0.3, 0.4) is 0 Å². The predicted molar refractivity (Wildman–Crippen MR) is 142 cm³/mol. The van der Waals surface area contributed by atoms with Gasteiger partial charge in [-0.1, -0.05) is 30.5 Å². The molecule has 2 aliphatic rings. The highest BCUT2D eigenvalue weighted by Gasteiger charge is 2.41. The molecule has 3 aromatic rings. The van der Waals surface area contributed by atoms with E-state index in [4.69, 9.17) is 28.6 Å². The van der Waals surface area contributed by atoms with E-state index in [0.717, 1.165) is 16.9 Å². The molecule has 0 spiro atoms. The molecule has 1 aliphatic carbocycles. The number of amides is 1. The summed E-state index contributed by atoms with van der Waals surface area (Å²) in [5, 5.41) is 7.29. The van der Waals surface area contributed by atoms with Gasteiger partial charge in [0.1, 0.15) is 6.61 Å². The Bertz CT molecular complexity index is 1210. The Labute approximate surface area is 215 Å². The number of pyridine rings is 1. The summed E-state index contributed by atoms with van der Waals surface area (Å²) in [6.45, 7) is -0.0377. The Kier molecular flexibility index (Phi) is 7.04. The molecule has 0 bridgehead atoms. The number of carbonyl (C=O) groups excluding carboxylic acids is 1. The number of nitrogens with one attached hydrogen (secondary N) is 2. The number of thiocarbonyl (C=S) groups is 1. The first kappa shape index (κ1) is 23.8. The Morgan fingerprint density at radius 3 is 2.80 bits per heavy atom. The van der Waals surface area contributed by atoms with E-state index >= 15 is 0 Å². The van der Waals surface area contributed by atoms with Gasteiger partial charge in [0.05, 0.1) is 28.5 Å². The van der Waals surface area contributed by atoms with Gasteiger partial charge in [-0.3, -0.25) is 9.78 Å². The fraction of sp³-hybridized carbons (Fsp3) is 0.346. The molecular formula is C26H28ClN5O2S. The molecule has 2 atom stereocenters. The lowest BCUT2D eigenvalue weighted by molar-refractivity contribution is -0.119. The van der Waals surface area contributed by atoms with Crippen LogP contribution in [0.1, 0.15) is 55.1 Å². The van der Waals surface area contributed by atoms with Crippen molar-refractivity contribution < 1.29 is 9.53 Å². The second kappa shape index (κ2) is 10.4. The third kappa shape index (κ3) is 4.91. The van der Waals surface area contributed by atoms with Gasteiger partial charge in [0.25, 0.3) is 0 Å². The highest BCUT2D eigenvalue weighted by atomic mass is 35.5. The molecule has 1 aliphatic heterocycles. The van der Waals surface area contributed by atoms with Crippen molar-refractivity contribution in [2.45, 2.75) is 43.8 Å². The minimum absolute atomic E-state index is 0.0377. The van der Waals surface area contributed by atoms with Crippen LogP contribution in [0.25, 0.3) is 0 Å². The van der Waals surface area contributed by atoms with Crippen molar-refractivity contribution in [1.82, 2.24) is 14.9 Å². The molecule has 1 saturated carbocycles. The lowest BCUT2D eigenvalue weighted by Gasteiger charge is -2.28. The lowest BCUT2D eigenvalue weighted by atomic mass is 9.98. The normalized spacial score (nSPS) is 20.3. The minimum atomic E-state index is -0.262. The standard InChI is InChI=1S/C26H28ClN5O2S/c1-34-16-23(33)29-21-10-9-19(14-20(21)27)32-25(17-11-13-31(15-17)18-6-2-3-7-18)24(30-26(32)35)22-8-4-5-12-28-22/h4-5,8-15,18,24-25H,2-3,6-7,16H2,1H3,(H,29,33)(H,30,35)/t24-,25-/m0/s1. The van der Waals surface area contributed by atoms with Crippen molar-refractivity contribution >= 4 is 46.2 Å². The van der Waals surface area contributed by atoms with E-state index in [1.54, 1.807) is 12.3 Å². The number of anilines is 2. The molecule has 1 amide bonds. The van der Waals surface area contributed by atoms with Crippen LogP contribution in [0.5, 0.6) is 0 Å². The zero-order valence-electron chi connectivity index (χ0n) is 19.5. The molecule has 3 heterocycles. The van der Waals surface area contributed by atoms with E-state index < -0.39 is 0 Å². The largest absolute Gasteiger partial charge is 0.375 e. The highest BCUT2D eigenvalue weighted by Crippen LogP contribution is 2.43. The van der Waals surface area contributed by atoms with Crippen LogP contribution in [0, 0.1) is 0 Å². The van der Waals surface area contributed by atoms with Crippen molar-refractivity contribution in [2.24, 2.45) is 0 Å². The van der Waals surface area contributed by atoms with Crippen molar-refractivity contribution in [3.05, 3.63) is 77.3 Å². The zero-order chi connectivity index (χ0) is 24.4. The third-order valence-corrected chi connectivity index (χ3v) is 7.33. The minimum Gasteiger partial charge on any atom is -0.375 e. The summed E-state index contributed by atoms with van der Waals surface area (Å²) in [6.07, 6.45) is 11.2. The molecule has 0 unspecified atom stereocenters. The van der Waals surface area contributed by atoms with E-state index in [-0.39, 0.29) is 24.6 Å². The second-order valence-corrected chi connectivity index (χ2v) is 9.77. The maximum Gasteiger partial charge on any atom is 0.250 e. The number of hydrogen-bond donors (Lipinski definition) is 2. The SMILES string of the molecule is COCC(=O)Nc1ccc(N2C(=S)N[C@@H](c3ccccn3)[C@@H]2c2ccn(C3CCCC3)c2)cc1Cl. The Morgan fingerprint density at radius 2 is 2.09 bits per heavy atom. The Balaban J connectivity index is 1.50. The molecule has 5 rings (SSSR count). The predicted octanol–water partition coefficient (Wildman–Crippen LogP) is 5.41. The molecule has 7 nitrogen and oxygen atoms in total. The van der Waals surface area contributed by atoms with Crippen LogP contribution < -0.4 is 15.5 Å². The summed E-state index contributed by atoms with van der Waals surface area (Å²) in [6, 6.07) is 14.0. The first-order chi connectivity index (χ1) is 17.0. The summed E-state index contributed by atoms with van der Waals surface area (Å²) in [7, 11) is 1.48. The molecule has 2 N–H and O–H groups in total. The summed E-state index contributed by atoms with van der Waals surface area (Å²) in [5.74, 6) is -0.262. The number of methoxy groups -OCH3 is 1. The van der Waals surface area contributed by atoms with Gasteiger partial charge in [0.2, 0.25) is 5.91 Å². The second-order valence-electron chi connectivity index (χ2n) is 8.97. The van der Waals surface area contributed by atoms with Gasteiger partial charge < -0.3 is 24.8 Å². The number of aromatic nitrogens is 2. The third-order valence-electron chi connectivity index (χ3n) is 6.70. The smallest absolute Gasteiger partial charge is 0.250 e. The number of rotatable bonds is 7. The lowest BCUT2D eigenvalue weighted by Crippen LogP contribution is -2.29. The zero-order valence-corrected chi connectivity index (χ0v) is 21.1. The average Bonchev–Trinajstić information content (AvgIpc) is 3.61. The van der Waals surface area contributed by atoms with Crippen LogP contribution in [0.2, 0.25) is 5.02 Å². The molecule has 9 heteroatoms. The molecule has 1 aromatic carbocycles. The quantitative estimate of drug-likeness (QED) is 0.415. The number of nitrogens with zero attached hydrogens (tertiary/aromatic N) is 3. The van der Waals surface area contributed by atoms with Gasteiger partial charge in [-0.15, -0.1) is 0 Å². The number of benzene rings is 1. The van der Waals surface area contributed by atoms with Crippen LogP contribution in [-0.4, -0.2) is 34.3 Å². The van der Waals surface area contributed by atoms with Crippen molar-refractivity contribution in [3.63, 3.8) is 0 Å². The van der Waals surface area contributed by atoms with Crippen LogP contribution in [0.4, 0.5) is 11.4 Å². The number of hydrogen-bond acceptors (Lipinski definition) is 4. The van der Waals surface area contributed by atoms with Crippen molar-refractivity contribution in [1.29, 1.82) is 0 Å². The van der Waals surface area contributed by atoms with E-state index in [9.17, 15) is 4.79 Å². The van der Waals surface area contributed by atoms with Crippen molar-refractivity contribution in [3.8, 4) is 0 Å². The van der Waals surface area contributed by atoms with Gasteiger partial charge in [-0.2, -0.15) is 0 Å². The van der Waals surface area contributed by atoms with Crippen LogP contribution in [0.15, 0.2) is 61.1 Å². The highest BCUT2D eigenvalue weighted by molar-refractivity contribution is 7.80. The van der Waals surface area contributed by atoms with Gasteiger partial charge in [-0.05, 0) is 67.0 Å². The Morgan fingerprint density at radius 1 is 1.26 bits per heavy atom. The average molecular weight is 510 g/mol. The first-order valence-electron chi connectivity index (χ1n) is 11.8. The number of carbonyl (C=O) groups is 1. The van der Waals surface area contributed by atoms with Crippen LogP contribution >= 0.6 is 23.8 Å². The summed E-state index contributed by atoms with van der Waals surface area (Å²) < 4.78 is 7.24. The number of ether oxygens (including phenoxy) is 1. The van der Waals surface area contributed by atoms with E-state index in [2.05, 4.69) is 43.5 Å². The fourth-order valence-electron chi connectivity index (χ4n) is 5.08.